The van der Waals surface area contributed by atoms with E-state index in [1.807, 2.05) is 0 Å². The van der Waals surface area contributed by atoms with Crippen LogP contribution in [0.1, 0.15) is 19.4 Å². The van der Waals surface area contributed by atoms with E-state index in [9.17, 15) is 0 Å². The van der Waals surface area contributed by atoms with Crippen LogP contribution in [-0.2, 0) is 6.54 Å². The molecule has 0 aliphatic carbocycles. The minimum absolute atomic E-state index is 0.578. The second-order valence-corrected chi connectivity index (χ2v) is 5.72. The maximum absolute atomic E-state index is 3.52. The Labute approximate surface area is 114 Å². The minimum atomic E-state index is 0.578. The molecule has 17 heavy (non-hydrogen) atoms. The fourth-order valence-electron chi connectivity index (χ4n) is 2.09. The van der Waals surface area contributed by atoms with Crippen LogP contribution in [0.2, 0.25) is 0 Å². The van der Waals surface area contributed by atoms with E-state index < -0.39 is 0 Å². The summed E-state index contributed by atoms with van der Waals surface area (Å²) in [4.78, 5) is 4.75. The van der Waals surface area contributed by atoms with Gasteiger partial charge in [0.05, 0.1) is 0 Å². The molecule has 1 aromatic carbocycles. The highest BCUT2D eigenvalue weighted by molar-refractivity contribution is 9.10. The Morgan fingerprint density at radius 1 is 1.29 bits per heavy atom. The summed E-state index contributed by atoms with van der Waals surface area (Å²) >= 11 is 3.52. The highest BCUT2D eigenvalue weighted by Gasteiger charge is 2.13. The number of nitrogens with zero attached hydrogens (tertiary/aromatic N) is 2. The van der Waals surface area contributed by atoms with Crippen molar-refractivity contribution in [2.45, 2.75) is 26.4 Å². The van der Waals surface area contributed by atoms with E-state index in [-0.39, 0.29) is 0 Å². The quantitative estimate of drug-likeness (QED) is 0.796. The van der Waals surface area contributed by atoms with E-state index >= 15 is 0 Å². The Hall–Kier alpha value is -0.380. The molecule has 1 atom stereocenters. The third-order valence-electron chi connectivity index (χ3n) is 2.93. The first-order valence-corrected chi connectivity index (χ1v) is 6.95. The zero-order valence-electron chi connectivity index (χ0n) is 11.3. The number of hydrogen-bond donors (Lipinski definition) is 0. The molecule has 1 unspecified atom stereocenters. The molecule has 2 nitrogen and oxygen atoms in total. The summed E-state index contributed by atoms with van der Waals surface area (Å²) in [5, 5.41) is 0. The average molecular weight is 299 g/mol. The first-order valence-electron chi connectivity index (χ1n) is 6.16. The van der Waals surface area contributed by atoms with Crippen molar-refractivity contribution in [2.75, 3.05) is 27.2 Å². The summed E-state index contributed by atoms with van der Waals surface area (Å²) in [5.41, 5.74) is 1.37. The zero-order valence-corrected chi connectivity index (χ0v) is 12.9. The van der Waals surface area contributed by atoms with Crippen LogP contribution in [-0.4, -0.2) is 43.0 Å². The van der Waals surface area contributed by atoms with E-state index in [0.29, 0.717) is 6.04 Å². The maximum atomic E-state index is 3.52. The summed E-state index contributed by atoms with van der Waals surface area (Å²) in [5.74, 6) is 0. The molecule has 0 saturated carbocycles. The van der Waals surface area contributed by atoms with Crippen molar-refractivity contribution < 1.29 is 0 Å². The monoisotopic (exact) mass is 298 g/mol. The third kappa shape index (κ3) is 5.19. The second-order valence-electron chi connectivity index (χ2n) is 4.80. The Kier molecular flexibility index (Phi) is 6.17. The van der Waals surface area contributed by atoms with Gasteiger partial charge in [-0.1, -0.05) is 35.0 Å². The lowest BCUT2D eigenvalue weighted by molar-refractivity contribution is 0.174. The largest absolute Gasteiger partial charge is 0.308 e. The molecule has 0 fully saturated rings. The summed E-state index contributed by atoms with van der Waals surface area (Å²) < 4.78 is 1.16. The van der Waals surface area contributed by atoms with Crippen molar-refractivity contribution in [3.8, 4) is 0 Å². The van der Waals surface area contributed by atoms with Gasteiger partial charge in [0.1, 0.15) is 0 Å². The van der Waals surface area contributed by atoms with Gasteiger partial charge in [-0.2, -0.15) is 0 Å². The normalized spacial score (nSPS) is 13.4. The summed E-state index contributed by atoms with van der Waals surface area (Å²) in [6.45, 7) is 7.72. The third-order valence-corrected chi connectivity index (χ3v) is 3.43. The highest BCUT2D eigenvalue weighted by Crippen LogP contribution is 2.14. The van der Waals surface area contributed by atoms with Crippen LogP contribution in [0.25, 0.3) is 0 Å². The van der Waals surface area contributed by atoms with Gasteiger partial charge in [0.2, 0.25) is 0 Å². The molecule has 96 valence electrons. The number of benzene rings is 1. The van der Waals surface area contributed by atoms with Gasteiger partial charge in [0, 0.05) is 23.6 Å². The second kappa shape index (κ2) is 7.14. The van der Waals surface area contributed by atoms with Crippen molar-refractivity contribution in [1.82, 2.24) is 9.80 Å². The summed E-state index contributed by atoms with van der Waals surface area (Å²) in [6, 6.07) is 9.14. The fourth-order valence-corrected chi connectivity index (χ4v) is 2.54. The smallest absolute Gasteiger partial charge is 0.0237 e. The molecule has 0 aliphatic rings. The van der Waals surface area contributed by atoms with Gasteiger partial charge in [-0.3, -0.25) is 4.90 Å². The Balaban J connectivity index is 2.63. The molecule has 0 spiro atoms. The first-order chi connectivity index (χ1) is 8.02. The van der Waals surface area contributed by atoms with Crippen molar-refractivity contribution in [1.29, 1.82) is 0 Å². The van der Waals surface area contributed by atoms with Crippen LogP contribution in [0.15, 0.2) is 28.7 Å². The molecule has 0 amide bonds. The molecule has 3 heteroatoms. The van der Waals surface area contributed by atoms with Crippen LogP contribution in [0.3, 0.4) is 0 Å². The Bertz CT molecular complexity index is 339. The number of rotatable bonds is 6. The molecule has 1 aromatic rings. The van der Waals surface area contributed by atoms with E-state index in [1.165, 1.54) is 5.56 Å². The van der Waals surface area contributed by atoms with Crippen LogP contribution in [0, 0.1) is 0 Å². The van der Waals surface area contributed by atoms with Crippen LogP contribution in [0.4, 0.5) is 0 Å². The molecule has 0 heterocycles. The molecular formula is C14H23BrN2. The average Bonchev–Trinajstić information content (AvgIpc) is 2.24. The van der Waals surface area contributed by atoms with Gasteiger partial charge in [-0.05, 0) is 45.3 Å². The highest BCUT2D eigenvalue weighted by atomic mass is 79.9. The Morgan fingerprint density at radius 3 is 2.53 bits per heavy atom. The standard InChI is InChI=1S/C14H23BrN2/c1-5-17(12(2)10-16(3)4)11-13-7-6-8-14(15)9-13/h6-9,12H,5,10-11H2,1-4H3. The first kappa shape index (κ1) is 14.7. The van der Waals surface area contributed by atoms with Crippen molar-refractivity contribution >= 4 is 15.9 Å². The minimum Gasteiger partial charge on any atom is -0.308 e. The lowest BCUT2D eigenvalue weighted by Crippen LogP contribution is -2.39. The molecule has 0 aromatic heterocycles. The number of hydrogen-bond acceptors (Lipinski definition) is 2. The van der Waals surface area contributed by atoms with Crippen LogP contribution in [0.5, 0.6) is 0 Å². The lowest BCUT2D eigenvalue weighted by Gasteiger charge is -2.30. The topological polar surface area (TPSA) is 6.48 Å². The molecule has 1 rings (SSSR count). The maximum Gasteiger partial charge on any atom is 0.0237 e. The lowest BCUT2D eigenvalue weighted by atomic mass is 10.2. The number of likely N-dealkylation sites (N-methyl/N-ethyl adjacent to an activating group) is 2. The van der Waals surface area contributed by atoms with Crippen molar-refractivity contribution in [3.63, 3.8) is 0 Å². The Morgan fingerprint density at radius 2 is 2.00 bits per heavy atom. The molecule has 0 N–H and O–H groups in total. The van der Waals surface area contributed by atoms with Gasteiger partial charge in [0.15, 0.2) is 0 Å². The molecular weight excluding hydrogens is 276 g/mol. The van der Waals surface area contributed by atoms with Crippen LogP contribution < -0.4 is 0 Å². The van der Waals surface area contributed by atoms with Crippen LogP contribution >= 0.6 is 15.9 Å². The van der Waals surface area contributed by atoms with Crippen molar-refractivity contribution in [2.24, 2.45) is 0 Å². The predicted molar refractivity (Wildman–Crippen MR) is 78.2 cm³/mol. The van der Waals surface area contributed by atoms with Gasteiger partial charge < -0.3 is 4.90 Å². The van der Waals surface area contributed by atoms with Gasteiger partial charge in [-0.15, -0.1) is 0 Å². The fraction of sp³-hybridized carbons (Fsp3) is 0.571. The number of halogens is 1. The molecule has 0 radical (unpaired) electrons. The van der Waals surface area contributed by atoms with Gasteiger partial charge >= 0.3 is 0 Å². The van der Waals surface area contributed by atoms with Gasteiger partial charge in [-0.25, -0.2) is 0 Å². The predicted octanol–water partition coefficient (Wildman–Crippen LogP) is 3.22. The van der Waals surface area contributed by atoms with Gasteiger partial charge in [0.25, 0.3) is 0 Å². The SMILES string of the molecule is CCN(Cc1cccc(Br)c1)C(C)CN(C)C. The summed E-state index contributed by atoms with van der Waals surface area (Å²) in [6.07, 6.45) is 0. The zero-order chi connectivity index (χ0) is 12.8. The van der Waals surface area contributed by atoms with Crippen molar-refractivity contribution in [3.05, 3.63) is 34.3 Å². The molecule has 0 aliphatic heterocycles. The van der Waals surface area contributed by atoms with E-state index in [1.54, 1.807) is 0 Å². The van der Waals surface area contributed by atoms with E-state index in [2.05, 4.69) is 77.9 Å². The molecule has 0 saturated heterocycles. The van der Waals surface area contributed by atoms with E-state index in [4.69, 9.17) is 0 Å². The molecule has 0 bridgehead atoms. The summed E-state index contributed by atoms with van der Waals surface area (Å²) in [7, 11) is 4.26. The van der Waals surface area contributed by atoms with E-state index in [0.717, 1.165) is 24.1 Å².